The first-order valence-electron chi connectivity index (χ1n) is 7.05. The van der Waals surface area contributed by atoms with Crippen LogP contribution in [0.5, 0.6) is 5.75 Å². The summed E-state index contributed by atoms with van der Waals surface area (Å²) in [6, 6.07) is 12.0. The number of ether oxygens (including phenoxy) is 1. The Morgan fingerprint density at radius 2 is 2.14 bits per heavy atom. The van der Waals surface area contributed by atoms with Gasteiger partial charge in [-0.15, -0.1) is 0 Å². The maximum absolute atomic E-state index is 6.01. The molecule has 3 aromatic rings. The maximum atomic E-state index is 6.01. The molecule has 3 rings (SSSR count). The molecular weight excluding hydrogens is 262 g/mol. The Morgan fingerprint density at radius 1 is 1.29 bits per heavy atom. The van der Waals surface area contributed by atoms with Crippen molar-refractivity contribution in [3.05, 3.63) is 65.6 Å². The number of benzene rings is 1. The van der Waals surface area contributed by atoms with E-state index in [-0.39, 0.29) is 6.04 Å². The smallest absolute Gasteiger partial charge is 0.137 e. The molecule has 21 heavy (non-hydrogen) atoms. The maximum Gasteiger partial charge on any atom is 0.137 e. The lowest BCUT2D eigenvalue weighted by molar-refractivity contribution is 0.297. The first-order valence-corrected chi connectivity index (χ1v) is 7.05. The van der Waals surface area contributed by atoms with Crippen LogP contribution in [0.25, 0.3) is 5.65 Å². The Bertz CT molecular complexity index is 729. The number of rotatable bonds is 4. The molecule has 0 saturated carbocycles. The number of hydrogen-bond donors (Lipinski definition) is 1. The minimum atomic E-state index is -0.0547. The van der Waals surface area contributed by atoms with Crippen molar-refractivity contribution in [2.24, 2.45) is 5.73 Å². The van der Waals surface area contributed by atoms with Crippen LogP contribution >= 0.6 is 0 Å². The molecule has 2 aromatic heterocycles. The first kappa shape index (κ1) is 13.6. The van der Waals surface area contributed by atoms with Crippen molar-refractivity contribution in [3.63, 3.8) is 0 Å². The molecule has 0 saturated heterocycles. The largest absolute Gasteiger partial charge is 0.487 e. The summed E-state index contributed by atoms with van der Waals surface area (Å²) in [6.07, 6.45) is 3.96. The summed E-state index contributed by atoms with van der Waals surface area (Å²) in [4.78, 5) is 4.53. The van der Waals surface area contributed by atoms with Gasteiger partial charge in [0.1, 0.15) is 18.0 Å². The molecule has 0 radical (unpaired) electrons. The van der Waals surface area contributed by atoms with E-state index in [1.165, 1.54) is 5.56 Å². The third-order valence-electron chi connectivity index (χ3n) is 3.45. The van der Waals surface area contributed by atoms with E-state index in [2.05, 4.69) is 18.0 Å². The van der Waals surface area contributed by atoms with Gasteiger partial charge in [0.2, 0.25) is 0 Å². The fourth-order valence-corrected chi connectivity index (χ4v) is 2.36. The lowest BCUT2D eigenvalue weighted by Gasteiger charge is -2.14. The second kappa shape index (κ2) is 5.58. The molecule has 0 bridgehead atoms. The summed E-state index contributed by atoms with van der Waals surface area (Å²) >= 11 is 0. The number of nitrogens with two attached hydrogens (primary N) is 1. The van der Waals surface area contributed by atoms with Crippen molar-refractivity contribution in [1.82, 2.24) is 9.38 Å². The van der Waals surface area contributed by atoms with Gasteiger partial charge in [0.15, 0.2) is 0 Å². The quantitative estimate of drug-likeness (QED) is 0.798. The van der Waals surface area contributed by atoms with Crippen LogP contribution in [-0.4, -0.2) is 9.38 Å². The van der Waals surface area contributed by atoms with Crippen LogP contribution in [0.3, 0.4) is 0 Å². The van der Waals surface area contributed by atoms with Crippen LogP contribution in [0.15, 0.2) is 48.8 Å². The van der Waals surface area contributed by atoms with Crippen LogP contribution < -0.4 is 10.5 Å². The van der Waals surface area contributed by atoms with E-state index in [0.717, 1.165) is 22.7 Å². The topological polar surface area (TPSA) is 52.5 Å². The van der Waals surface area contributed by atoms with Crippen molar-refractivity contribution in [3.8, 4) is 5.75 Å². The van der Waals surface area contributed by atoms with Gasteiger partial charge in [-0.3, -0.25) is 0 Å². The van der Waals surface area contributed by atoms with Gasteiger partial charge in [-0.2, -0.15) is 0 Å². The Morgan fingerprint density at radius 3 is 2.90 bits per heavy atom. The van der Waals surface area contributed by atoms with Gasteiger partial charge in [0.05, 0.1) is 5.69 Å². The monoisotopic (exact) mass is 281 g/mol. The third kappa shape index (κ3) is 2.90. The number of pyridine rings is 1. The van der Waals surface area contributed by atoms with E-state index in [1.54, 1.807) is 0 Å². The highest BCUT2D eigenvalue weighted by atomic mass is 16.5. The minimum absolute atomic E-state index is 0.0547. The Hall–Kier alpha value is -2.33. The molecule has 0 amide bonds. The SMILES string of the molecule is Cc1ccc(OCc2cn3ccccc3n2)c([C@@H](C)N)c1. The molecule has 0 aliphatic heterocycles. The summed E-state index contributed by atoms with van der Waals surface area (Å²) in [7, 11) is 0. The zero-order valence-corrected chi connectivity index (χ0v) is 12.3. The average molecular weight is 281 g/mol. The van der Waals surface area contributed by atoms with Crippen molar-refractivity contribution < 1.29 is 4.74 Å². The average Bonchev–Trinajstić information content (AvgIpc) is 2.88. The summed E-state index contributed by atoms with van der Waals surface area (Å²) in [5, 5.41) is 0. The van der Waals surface area contributed by atoms with E-state index in [0.29, 0.717) is 6.61 Å². The minimum Gasteiger partial charge on any atom is -0.487 e. The van der Waals surface area contributed by atoms with Gasteiger partial charge in [-0.1, -0.05) is 23.8 Å². The van der Waals surface area contributed by atoms with Crippen LogP contribution in [0.1, 0.15) is 29.8 Å². The molecule has 0 aliphatic rings. The molecule has 108 valence electrons. The number of aryl methyl sites for hydroxylation is 1. The number of nitrogens with zero attached hydrogens (tertiary/aromatic N) is 2. The van der Waals surface area contributed by atoms with Gasteiger partial charge in [0.25, 0.3) is 0 Å². The van der Waals surface area contributed by atoms with E-state index in [4.69, 9.17) is 10.5 Å². The summed E-state index contributed by atoms with van der Waals surface area (Å²) in [5.74, 6) is 0.827. The molecule has 0 fully saturated rings. The summed E-state index contributed by atoms with van der Waals surface area (Å²) in [5.41, 5.74) is 10.0. The van der Waals surface area contributed by atoms with Gasteiger partial charge < -0.3 is 14.9 Å². The third-order valence-corrected chi connectivity index (χ3v) is 3.45. The normalized spacial score (nSPS) is 12.5. The second-order valence-corrected chi connectivity index (χ2v) is 5.32. The van der Waals surface area contributed by atoms with Gasteiger partial charge >= 0.3 is 0 Å². The Kier molecular flexibility index (Phi) is 3.62. The molecular formula is C17H19N3O. The van der Waals surface area contributed by atoms with Crippen molar-refractivity contribution in [2.45, 2.75) is 26.5 Å². The van der Waals surface area contributed by atoms with Gasteiger partial charge in [0, 0.05) is 24.0 Å². The van der Waals surface area contributed by atoms with Crippen LogP contribution in [0, 0.1) is 6.92 Å². The molecule has 1 atom stereocenters. The van der Waals surface area contributed by atoms with Crippen LogP contribution in [0.2, 0.25) is 0 Å². The second-order valence-electron chi connectivity index (χ2n) is 5.32. The van der Waals surface area contributed by atoms with E-state index >= 15 is 0 Å². The van der Waals surface area contributed by atoms with Crippen LogP contribution in [-0.2, 0) is 6.61 Å². The predicted molar refractivity (Wildman–Crippen MR) is 83.3 cm³/mol. The fourth-order valence-electron chi connectivity index (χ4n) is 2.36. The number of imidazole rings is 1. The number of aromatic nitrogens is 2. The van der Waals surface area contributed by atoms with Crippen LogP contribution in [0.4, 0.5) is 0 Å². The number of hydrogen-bond acceptors (Lipinski definition) is 3. The molecule has 4 nitrogen and oxygen atoms in total. The highest BCUT2D eigenvalue weighted by Crippen LogP contribution is 2.25. The Balaban J connectivity index is 1.81. The van der Waals surface area contributed by atoms with E-state index in [1.807, 2.05) is 54.0 Å². The lowest BCUT2D eigenvalue weighted by atomic mass is 10.1. The molecule has 1 aromatic carbocycles. The van der Waals surface area contributed by atoms with Crippen molar-refractivity contribution in [1.29, 1.82) is 0 Å². The molecule has 4 heteroatoms. The standard InChI is InChI=1S/C17H19N3O/c1-12-6-7-16(15(9-12)13(2)18)21-11-14-10-20-8-4-3-5-17(20)19-14/h3-10,13H,11,18H2,1-2H3/t13-/m1/s1. The zero-order valence-electron chi connectivity index (χ0n) is 12.3. The first-order chi connectivity index (χ1) is 10.1. The summed E-state index contributed by atoms with van der Waals surface area (Å²) in [6.45, 7) is 4.45. The van der Waals surface area contributed by atoms with E-state index in [9.17, 15) is 0 Å². The van der Waals surface area contributed by atoms with E-state index < -0.39 is 0 Å². The lowest BCUT2D eigenvalue weighted by Crippen LogP contribution is -2.08. The highest BCUT2D eigenvalue weighted by molar-refractivity contribution is 5.40. The molecule has 2 heterocycles. The molecule has 2 N–H and O–H groups in total. The zero-order chi connectivity index (χ0) is 14.8. The van der Waals surface area contributed by atoms with Crippen molar-refractivity contribution >= 4 is 5.65 Å². The molecule has 0 aliphatic carbocycles. The summed E-state index contributed by atoms with van der Waals surface area (Å²) < 4.78 is 7.90. The predicted octanol–water partition coefficient (Wildman–Crippen LogP) is 3.24. The van der Waals surface area contributed by atoms with Gasteiger partial charge in [-0.25, -0.2) is 4.98 Å². The van der Waals surface area contributed by atoms with Crippen molar-refractivity contribution in [2.75, 3.05) is 0 Å². The molecule has 0 spiro atoms. The number of fused-ring (bicyclic) bond motifs is 1. The highest BCUT2D eigenvalue weighted by Gasteiger charge is 2.09. The Labute approximate surface area is 124 Å². The fraction of sp³-hybridized carbons (Fsp3) is 0.235. The molecule has 0 unspecified atom stereocenters. The van der Waals surface area contributed by atoms with Gasteiger partial charge in [-0.05, 0) is 32.0 Å².